The average Bonchev–Trinajstić information content (AvgIpc) is 3.09. The monoisotopic (exact) mass is 241 g/mol. The number of rotatable bonds is 3. The molecule has 1 aliphatic rings. The van der Waals surface area contributed by atoms with E-state index in [4.69, 9.17) is 5.73 Å². The molecule has 0 spiro atoms. The highest BCUT2D eigenvalue weighted by Crippen LogP contribution is 2.41. The van der Waals surface area contributed by atoms with Crippen LogP contribution in [-0.4, -0.2) is 16.0 Å². The van der Waals surface area contributed by atoms with E-state index in [0.29, 0.717) is 22.7 Å². The molecule has 0 amide bonds. The van der Waals surface area contributed by atoms with Crippen LogP contribution in [0.3, 0.4) is 0 Å². The summed E-state index contributed by atoms with van der Waals surface area (Å²) < 4.78 is 0. The van der Waals surface area contributed by atoms with E-state index in [1.54, 1.807) is 6.20 Å². The van der Waals surface area contributed by atoms with Gasteiger partial charge in [-0.15, -0.1) is 0 Å². The van der Waals surface area contributed by atoms with Crippen molar-refractivity contribution >= 4 is 11.5 Å². The van der Waals surface area contributed by atoms with Gasteiger partial charge in [0.15, 0.2) is 5.78 Å². The summed E-state index contributed by atoms with van der Waals surface area (Å²) in [6, 6.07) is 5.44. The molecule has 1 heterocycles. The standard InChI is InChI=1S/C14H15N3O/c1-8-10(3-2-4-12(8)15)14(18)11-7-16-17-13(11)9-5-6-9/h2-4,7,9H,5-6,15H2,1H3,(H,16,17). The molecule has 18 heavy (non-hydrogen) atoms. The van der Waals surface area contributed by atoms with Gasteiger partial charge in [-0.2, -0.15) is 5.10 Å². The van der Waals surface area contributed by atoms with Gasteiger partial charge in [-0.1, -0.05) is 12.1 Å². The minimum Gasteiger partial charge on any atom is -0.398 e. The summed E-state index contributed by atoms with van der Waals surface area (Å²) in [5.74, 6) is 0.465. The Morgan fingerprint density at radius 3 is 2.89 bits per heavy atom. The third-order valence-corrected chi connectivity index (χ3v) is 3.50. The second-order valence-corrected chi connectivity index (χ2v) is 4.81. The van der Waals surface area contributed by atoms with Gasteiger partial charge in [-0.3, -0.25) is 9.89 Å². The molecule has 4 heteroatoms. The van der Waals surface area contributed by atoms with Crippen LogP contribution in [0.4, 0.5) is 5.69 Å². The molecule has 0 unspecified atom stereocenters. The number of nitrogens with zero attached hydrogens (tertiary/aromatic N) is 1. The Hall–Kier alpha value is -2.10. The van der Waals surface area contributed by atoms with Crippen LogP contribution < -0.4 is 5.73 Å². The van der Waals surface area contributed by atoms with Crippen LogP contribution in [-0.2, 0) is 0 Å². The van der Waals surface area contributed by atoms with Crippen LogP contribution in [0, 0.1) is 6.92 Å². The van der Waals surface area contributed by atoms with Gasteiger partial charge in [0.25, 0.3) is 0 Å². The van der Waals surface area contributed by atoms with E-state index in [1.807, 2.05) is 25.1 Å². The first-order chi connectivity index (χ1) is 8.68. The second-order valence-electron chi connectivity index (χ2n) is 4.81. The largest absolute Gasteiger partial charge is 0.398 e. The van der Waals surface area contributed by atoms with Gasteiger partial charge in [0, 0.05) is 23.4 Å². The molecule has 1 aliphatic carbocycles. The summed E-state index contributed by atoms with van der Waals surface area (Å²) in [4.78, 5) is 12.5. The lowest BCUT2D eigenvalue weighted by molar-refractivity contribution is 0.103. The molecule has 0 bridgehead atoms. The van der Waals surface area contributed by atoms with Crippen molar-refractivity contribution in [3.8, 4) is 0 Å². The highest BCUT2D eigenvalue weighted by molar-refractivity contribution is 6.11. The molecule has 3 N–H and O–H groups in total. The summed E-state index contributed by atoms with van der Waals surface area (Å²) in [5.41, 5.74) is 9.59. The summed E-state index contributed by atoms with van der Waals surface area (Å²) in [7, 11) is 0. The number of nitrogens with two attached hydrogens (primary N) is 1. The van der Waals surface area contributed by atoms with E-state index in [9.17, 15) is 4.79 Å². The number of anilines is 1. The van der Waals surface area contributed by atoms with Crippen molar-refractivity contribution < 1.29 is 4.79 Å². The normalized spacial score (nSPS) is 14.7. The summed E-state index contributed by atoms with van der Waals surface area (Å²) in [5, 5.41) is 7.00. The van der Waals surface area contributed by atoms with Crippen LogP contribution in [0.1, 0.15) is 45.9 Å². The average molecular weight is 241 g/mol. The Labute approximate surface area is 105 Å². The van der Waals surface area contributed by atoms with Gasteiger partial charge in [0.05, 0.1) is 11.3 Å². The van der Waals surface area contributed by atoms with Crippen molar-refractivity contribution in [3.05, 3.63) is 46.8 Å². The Morgan fingerprint density at radius 1 is 1.39 bits per heavy atom. The third kappa shape index (κ3) is 1.70. The maximum atomic E-state index is 12.5. The number of benzene rings is 1. The van der Waals surface area contributed by atoms with Crippen LogP contribution in [0.25, 0.3) is 0 Å². The molecule has 1 aromatic heterocycles. The quantitative estimate of drug-likeness (QED) is 0.640. The van der Waals surface area contributed by atoms with E-state index < -0.39 is 0 Å². The number of carbonyl (C=O) groups excluding carboxylic acids is 1. The highest BCUT2D eigenvalue weighted by Gasteiger charge is 2.31. The second kappa shape index (κ2) is 3.98. The number of ketones is 1. The molecule has 0 atom stereocenters. The predicted octanol–water partition coefficient (Wildman–Crippen LogP) is 2.41. The van der Waals surface area contributed by atoms with E-state index >= 15 is 0 Å². The zero-order chi connectivity index (χ0) is 12.7. The van der Waals surface area contributed by atoms with Gasteiger partial charge in [0.1, 0.15) is 0 Å². The lowest BCUT2D eigenvalue weighted by Gasteiger charge is -2.07. The van der Waals surface area contributed by atoms with Crippen LogP contribution in [0.15, 0.2) is 24.4 Å². The smallest absolute Gasteiger partial charge is 0.196 e. The van der Waals surface area contributed by atoms with Gasteiger partial charge in [0.2, 0.25) is 0 Å². The van der Waals surface area contributed by atoms with E-state index in [2.05, 4.69) is 10.2 Å². The highest BCUT2D eigenvalue weighted by atomic mass is 16.1. The first-order valence-electron chi connectivity index (χ1n) is 6.12. The lowest BCUT2D eigenvalue weighted by atomic mass is 9.97. The molecule has 1 fully saturated rings. The maximum absolute atomic E-state index is 12.5. The van der Waals surface area contributed by atoms with Crippen molar-refractivity contribution in [1.82, 2.24) is 10.2 Å². The fraction of sp³-hybridized carbons (Fsp3) is 0.286. The zero-order valence-corrected chi connectivity index (χ0v) is 10.2. The number of carbonyl (C=O) groups is 1. The first kappa shape index (κ1) is 11.0. The fourth-order valence-electron chi connectivity index (χ4n) is 2.19. The molecule has 92 valence electrons. The molecule has 0 aliphatic heterocycles. The molecule has 3 rings (SSSR count). The number of nitrogen functional groups attached to an aromatic ring is 1. The van der Waals surface area contributed by atoms with Crippen LogP contribution in [0.5, 0.6) is 0 Å². The SMILES string of the molecule is Cc1c(N)cccc1C(=O)c1c[nH]nc1C1CC1. The van der Waals surface area contributed by atoms with Gasteiger partial charge in [-0.25, -0.2) is 0 Å². The Bertz CT molecular complexity index is 611. The van der Waals surface area contributed by atoms with Crippen molar-refractivity contribution in [2.45, 2.75) is 25.7 Å². The Morgan fingerprint density at radius 2 is 2.17 bits per heavy atom. The first-order valence-corrected chi connectivity index (χ1v) is 6.12. The Balaban J connectivity index is 2.03. The van der Waals surface area contributed by atoms with Gasteiger partial charge in [-0.05, 0) is 31.4 Å². The molecule has 0 radical (unpaired) electrons. The number of hydrogen-bond donors (Lipinski definition) is 2. The number of aromatic amines is 1. The molecule has 2 aromatic rings. The minimum atomic E-state index is 0.00968. The Kier molecular flexibility index (Phi) is 2.44. The number of H-pyrrole nitrogens is 1. The van der Waals surface area contributed by atoms with E-state index in [0.717, 1.165) is 24.1 Å². The third-order valence-electron chi connectivity index (χ3n) is 3.50. The van der Waals surface area contributed by atoms with E-state index in [-0.39, 0.29) is 5.78 Å². The number of hydrogen-bond acceptors (Lipinski definition) is 3. The molecule has 0 saturated heterocycles. The van der Waals surface area contributed by atoms with Crippen molar-refractivity contribution in [2.75, 3.05) is 5.73 Å². The van der Waals surface area contributed by atoms with Crippen LogP contribution >= 0.6 is 0 Å². The number of aromatic nitrogens is 2. The van der Waals surface area contributed by atoms with Gasteiger partial charge < -0.3 is 5.73 Å². The van der Waals surface area contributed by atoms with Crippen molar-refractivity contribution in [1.29, 1.82) is 0 Å². The van der Waals surface area contributed by atoms with Crippen molar-refractivity contribution in [3.63, 3.8) is 0 Å². The van der Waals surface area contributed by atoms with Crippen molar-refractivity contribution in [2.24, 2.45) is 0 Å². The lowest BCUT2D eigenvalue weighted by Crippen LogP contribution is -2.07. The predicted molar refractivity (Wildman–Crippen MR) is 69.6 cm³/mol. The van der Waals surface area contributed by atoms with Gasteiger partial charge >= 0.3 is 0 Å². The fourth-order valence-corrected chi connectivity index (χ4v) is 2.19. The molecular formula is C14H15N3O. The van der Waals surface area contributed by atoms with E-state index in [1.165, 1.54) is 0 Å². The summed E-state index contributed by atoms with van der Waals surface area (Å²) >= 11 is 0. The topological polar surface area (TPSA) is 71.8 Å². The minimum absolute atomic E-state index is 0.00968. The summed E-state index contributed by atoms with van der Waals surface area (Å²) in [6.07, 6.45) is 3.95. The molecular weight excluding hydrogens is 226 g/mol. The molecule has 1 aromatic carbocycles. The zero-order valence-electron chi connectivity index (χ0n) is 10.2. The number of nitrogens with one attached hydrogen (secondary N) is 1. The molecule has 1 saturated carbocycles. The van der Waals surface area contributed by atoms with Crippen LogP contribution in [0.2, 0.25) is 0 Å². The maximum Gasteiger partial charge on any atom is 0.196 e. The summed E-state index contributed by atoms with van der Waals surface area (Å²) in [6.45, 7) is 1.87. The molecule has 4 nitrogen and oxygen atoms in total.